The molecule has 2 nitrogen and oxygen atoms in total. The van der Waals surface area contributed by atoms with E-state index in [4.69, 9.17) is 0 Å². The Morgan fingerprint density at radius 1 is 1.47 bits per heavy atom. The molecule has 2 aliphatic rings. The smallest absolute Gasteiger partial charge is 0.0508 e. The average molecular weight is 204 g/mol. The van der Waals surface area contributed by atoms with Crippen molar-refractivity contribution in [3.05, 3.63) is 36.2 Å². The van der Waals surface area contributed by atoms with Crippen molar-refractivity contribution in [2.45, 2.75) is 31.7 Å². The van der Waals surface area contributed by atoms with Gasteiger partial charge in [0.25, 0.3) is 0 Å². The van der Waals surface area contributed by atoms with E-state index in [1.54, 1.807) is 0 Å². The molecule has 15 heavy (non-hydrogen) atoms. The molecule has 0 saturated carbocycles. The lowest BCUT2D eigenvalue weighted by Crippen LogP contribution is -2.36. The Morgan fingerprint density at radius 3 is 2.93 bits per heavy atom. The van der Waals surface area contributed by atoms with E-state index >= 15 is 0 Å². The van der Waals surface area contributed by atoms with Gasteiger partial charge >= 0.3 is 0 Å². The van der Waals surface area contributed by atoms with Gasteiger partial charge in [-0.15, -0.1) is 0 Å². The molecular weight excluding hydrogens is 184 g/mol. The molecule has 1 aliphatic carbocycles. The molecule has 1 unspecified atom stereocenters. The molecule has 82 valence electrons. The van der Waals surface area contributed by atoms with E-state index < -0.39 is 0 Å². The first-order valence-corrected chi connectivity index (χ1v) is 5.82. The van der Waals surface area contributed by atoms with Crippen molar-refractivity contribution in [3.8, 4) is 0 Å². The lowest BCUT2D eigenvalue weighted by molar-refractivity contribution is 0.248. The van der Waals surface area contributed by atoms with Crippen molar-refractivity contribution < 1.29 is 0 Å². The molecule has 2 rings (SSSR count). The molecule has 0 amide bonds. The molecule has 0 radical (unpaired) electrons. The van der Waals surface area contributed by atoms with Gasteiger partial charge in [-0.1, -0.05) is 18.7 Å². The fourth-order valence-electron chi connectivity index (χ4n) is 2.34. The van der Waals surface area contributed by atoms with Gasteiger partial charge in [-0.05, 0) is 31.8 Å². The first-order valence-electron chi connectivity index (χ1n) is 5.82. The van der Waals surface area contributed by atoms with E-state index in [2.05, 4.69) is 35.0 Å². The van der Waals surface area contributed by atoms with Crippen LogP contribution in [0.3, 0.4) is 0 Å². The summed E-state index contributed by atoms with van der Waals surface area (Å²) in [6.45, 7) is 5.34. The van der Waals surface area contributed by atoms with Crippen LogP contribution in [0.1, 0.15) is 25.7 Å². The minimum absolute atomic E-state index is 0.537. The zero-order chi connectivity index (χ0) is 10.7. The summed E-state index contributed by atoms with van der Waals surface area (Å²) in [5.74, 6) is 0. The second-order valence-electron chi connectivity index (χ2n) is 4.29. The minimum Gasteiger partial charge on any atom is -0.388 e. The average Bonchev–Trinajstić information content (AvgIpc) is 2.30. The highest BCUT2D eigenvalue weighted by molar-refractivity contribution is 5.24. The molecule has 1 aliphatic heterocycles. The molecule has 1 atom stereocenters. The Bertz CT molecular complexity index is 302. The van der Waals surface area contributed by atoms with E-state index in [0.717, 1.165) is 6.42 Å². The summed E-state index contributed by atoms with van der Waals surface area (Å²) < 4.78 is 0. The summed E-state index contributed by atoms with van der Waals surface area (Å²) >= 11 is 0. The van der Waals surface area contributed by atoms with Crippen LogP contribution in [0.5, 0.6) is 0 Å². The second kappa shape index (κ2) is 4.56. The number of nitrogens with zero attached hydrogens (tertiary/aromatic N) is 1. The highest BCUT2D eigenvalue weighted by atomic mass is 15.2. The van der Waals surface area contributed by atoms with Crippen LogP contribution in [0.4, 0.5) is 0 Å². The van der Waals surface area contributed by atoms with Gasteiger partial charge in [-0.25, -0.2) is 0 Å². The fraction of sp³-hybridized carbons (Fsp3) is 0.538. The topological polar surface area (TPSA) is 15.3 Å². The van der Waals surface area contributed by atoms with Crippen LogP contribution < -0.4 is 5.32 Å². The number of piperidine rings is 1. The van der Waals surface area contributed by atoms with Crippen molar-refractivity contribution in [2.24, 2.45) is 0 Å². The van der Waals surface area contributed by atoms with Gasteiger partial charge in [0.15, 0.2) is 0 Å². The van der Waals surface area contributed by atoms with E-state index in [9.17, 15) is 0 Å². The Kier molecular flexibility index (Phi) is 3.14. The van der Waals surface area contributed by atoms with Gasteiger partial charge in [-0.2, -0.15) is 0 Å². The molecule has 1 fully saturated rings. The third-order valence-electron chi connectivity index (χ3n) is 3.29. The Hall–Kier alpha value is -1.18. The third kappa shape index (κ3) is 2.25. The van der Waals surface area contributed by atoms with Crippen LogP contribution in [0.15, 0.2) is 36.2 Å². The van der Waals surface area contributed by atoms with E-state index in [0.29, 0.717) is 6.04 Å². The second-order valence-corrected chi connectivity index (χ2v) is 4.29. The molecule has 0 spiro atoms. The first-order chi connectivity index (χ1) is 7.31. The van der Waals surface area contributed by atoms with Crippen molar-refractivity contribution in [1.29, 1.82) is 0 Å². The maximum atomic E-state index is 4.17. The van der Waals surface area contributed by atoms with Crippen LogP contribution in [0.2, 0.25) is 0 Å². The highest BCUT2D eigenvalue weighted by Crippen LogP contribution is 2.25. The monoisotopic (exact) mass is 204 g/mol. The van der Waals surface area contributed by atoms with Gasteiger partial charge in [0.2, 0.25) is 0 Å². The molecule has 0 aromatic carbocycles. The van der Waals surface area contributed by atoms with Crippen LogP contribution in [-0.2, 0) is 0 Å². The van der Waals surface area contributed by atoms with Gasteiger partial charge in [-0.3, -0.25) is 0 Å². The lowest BCUT2D eigenvalue weighted by atomic mass is 10.00. The lowest BCUT2D eigenvalue weighted by Gasteiger charge is -2.37. The Labute approximate surface area is 92.3 Å². The number of allylic oxidation sites excluding steroid dienone is 2. The van der Waals surface area contributed by atoms with Crippen LogP contribution in [-0.4, -0.2) is 24.5 Å². The minimum atomic E-state index is 0.537. The number of nitrogens with one attached hydrogen (secondary N) is 1. The first kappa shape index (κ1) is 10.3. The summed E-state index contributed by atoms with van der Waals surface area (Å²) in [6, 6.07) is 0.537. The standard InChI is InChI=1S/C13H20N2/c1-11-5-3-4-10-15(11)13-8-6-12(14-2)7-9-13/h6-8,13-14H,1,3-5,9-10H2,2H3. The van der Waals surface area contributed by atoms with Crippen LogP contribution >= 0.6 is 0 Å². The predicted molar refractivity (Wildman–Crippen MR) is 64.4 cm³/mol. The number of hydrogen-bond donors (Lipinski definition) is 1. The number of rotatable bonds is 2. The molecule has 2 heteroatoms. The number of likely N-dealkylation sites (N-methyl/N-ethyl adjacent to an activating group) is 1. The predicted octanol–water partition coefficient (Wildman–Crippen LogP) is 2.42. The third-order valence-corrected chi connectivity index (χ3v) is 3.29. The van der Waals surface area contributed by atoms with E-state index in [1.165, 1.54) is 37.2 Å². The molecule has 0 aromatic rings. The molecule has 0 bridgehead atoms. The SMILES string of the molecule is C=C1CCCCN1C1C=CC(NC)=CC1. The zero-order valence-corrected chi connectivity index (χ0v) is 9.50. The summed E-state index contributed by atoms with van der Waals surface area (Å²) in [4.78, 5) is 2.46. The Morgan fingerprint density at radius 2 is 2.33 bits per heavy atom. The van der Waals surface area contributed by atoms with E-state index in [1.807, 2.05) is 7.05 Å². The maximum absolute atomic E-state index is 4.17. The molecule has 1 saturated heterocycles. The maximum Gasteiger partial charge on any atom is 0.0508 e. The molecule has 1 N–H and O–H groups in total. The number of likely N-dealkylation sites (tertiary alicyclic amines) is 1. The van der Waals surface area contributed by atoms with Gasteiger partial charge in [0, 0.05) is 25.0 Å². The summed E-state index contributed by atoms with van der Waals surface area (Å²) in [6.07, 6.45) is 11.6. The van der Waals surface area contributed by atoms with Gasteiger partial charge < -0.3 is 10.2 Å². The molecular formula is C13H20N2. The highest BCUT2D eigenvalue weighted by Gasteiger charge is 2.20. The van der Waals surface area contributed by atoms with Gasteiger partial charge in [0.05, 0.1) is 6.04 Å². The van der Waals surface area contributed by atoms with E-state index in [-0.39, 0.29) is 0 Å². The molecule has 1 heterocycles. The zero-order valence-electron chi connectivity index (χ0n) is 9.50. The van der Waals surface area contributed by atoms with Crippen LogP contribution in [0, 0.1) is 0 Å². The van der Waals surface area contributed by atoms with Crippen molar-refractivity contribution >= 4 is 0 Å². The van der Waals surface area contributed by atoms with Crippen molar-refractivity contribution in [2.75, 3.05) is 13.6 Å². The van der Waals surface area contributed by atoms with Crippen LogP contribution in [0.25, 0.3) is 0 Å². The fourth-order valence-corrected chi connectivity index (χ4v) is 2.34. The summed E-state index contributed by atoms with van der Waals surface area (Å²) in [5, 5.41) is 3.17. The molecule has 0 aromatic heterocycles. The van der Waals surface area contributed by atoms with Crippen molar-refractivity contribution in [1.82, 2.24) is 10.2 Å². The summed E-state index contributed by atoms with van der Waals surface area (Å²) in [7, 11) is 1.97. The Balaban J connectivity index is 1.98. The quantitative estimate of drug-likeness (QED) is 0.743. The largest absolute Gasteiger partial charge is 0.388 e. The number of hydrogen-bond acceptors (Lipinski definition) is 2. The van der Waals surface area contributed by atoms with Crippen molar-refractivity contribution in [3.63, 3.8) is 0 Å². The normalized spacial score (nSPS) is 26.5. The van der Waals surface area contributed by atoms with Gasteiger partial charge in [0.1, 0.15) is 0 Å². The summed E-state index contributed by atoms with van der Waals surface area (Å²) in [5.41, 5.74) is 2.55.